The number of nitro benzene ring substituents is 1. The monoisotopic (exact) mass is 316 g/mol. The molecule has 0 aromatic heterocycles. The van der Waals surface area contributed by atoms with E-state index in [1.165, 1.54) is 30.1 Å². The highest BCUT2D eigenvalue weighted by Crippen LogP contribution is 2.28. The molecule has 1 aromatic rings. The number of nitrogens with zero attached hydrogens (tertiary/aromatic N) is 2. The van der Waals surface area contributed by atoms with Crippen LogP contribution in [0.4, 0.5) is 5.69 Å². The molecule has 0 bridgehead atoms. The highest BCUT2D eigenvalue weighted by Gasteiger charge is 2.22. The fourth-order valence-electron chi connectivity index (χ4n) is 1.51. The van der Waals surface area contributed by atoms with Crippen LogP contribution >= 0.6 is 15.9 Å². The Kier molecular flexibility index (Phi) is 4.80. The molecule has 0 spiro atoms. The highest BCUT2D eigenvalue weighted by atomic mass is 79.9. The molecule has 0 aliphatic carbocycles. The Morgan fingerprint density at radius 3 is 2.72 bits per heavy atom. The summed E-state index contributed by atoms with van der Waals surface area (Å²) in [5.74, 6) is -0.383. The Bertz CT molecular complexity index is 476. The zero-order valence-electron chi connectivity index (χ0n) is 9.96. The molecule has 1 aromatic carbocycles. The van der Waals surface area contributed by atoms with Crippen LogP contribution in [0.3, 0.4) is 0 Å². The molecule has 0 fully saturated rings. The van der Waals surface area contributed by atoms with Gasteiger partial charge in [-0.05, 0) is 28.9 Å². The lowest BCUT2D eigenvalue weighted by Crippen LogP contribution is -2.33. The highest BCUT2D eigenvalue weighted by molar-refractivity contribution is 9.10. The van der Waals surface area contributed by atoms with Crippen molar-refractivity contribution in [2.75, 3.05) is 13.6 Å². The lowest BCUT2D eigenvalue weighted by Gasteiger charge is -2.19. The first-order valence-electron chi connectivity index (χ1n) is 5.21. The van der Waals surface area contributed by atoms with Gasteiger partial charge < -0.3 is 10.0 Å². The summed E-state index contributed by atoms with van der Waals surface area (Å²) in [6, 6.07) is 4.26. The van der Waals surface area contributed by atoms with E-state index in [0.29, 0.717) is 0 Å². The Morgan fingerprint density at radius 1 is 1.61 bits per heavy atom. The van der Waals surface area contributed by atoms with Gasteiger partial charge in [-0.1, -0.05) is 6.07 Å². The number of hydrogen-bond donors (Lipinski definition) is 1. The van der Waals surface area contributed by atoms with Gasteiger partial charge in [-0.3, -0.25) is 14.9 Å². The molecule has 1 atom stereocenters. The summed E-state index contributed by atoms with van der Waals surface area (Å²) < 4.78 is 0.150. The number of amides is 1. The van der Waals surface area contributed by atoms with Crippen molar-refractivity contribution in [3.05, 3.63) is 38.3 Å². The van der Waals surface area contributed by atoms with Crippen molar-refractivity contribution in [2.24, 2.45) is 0 Å². The number of benzene rings is 1. The second kappa shape index (κ2) is 5.92. The minimum absolute atomic E-state index is 0.150. The molecule has 98 valence electrons. The van der Waals surface area contributed by atoms with Crippen molar-refractivity contribution in [1.29, 1.82) is 0 Å². The van der Waals surface area contributed by atoms with Crippen LogP contribution in [0.1, 0.15) is 17.3 Å². The van der Waals surface area contributed by atoms with Gasteiger partial charge in [0.15, 0.2) is 0 Å². The van der Waals surface area contributed by atoms with Crippen LogP contribution < -0.4 is 0 Å². The first-order valence-corrected chi connectivity index (χ1v) is 6.00. The van der Waals surface area contributed by atoms with Crippen molar-refractivity contribution in [3.8, 4) is 0 Å². The molecule has 1 unspecified atom stereocenters. The van der Waals surface area contributed by atoms with E-state index < -0.39 is 11.0 Å². The van der Waals surface area contributed by atoms with Crippen LogP contribution in [0.2, 0.25) is 0 Å². The van der Waals surface area contributed by atoms with E-state index >= 15 is 0 Å². The number of hydrogen-bond acceptors (Lipinski definition) is 4. The summed E-state index contributed by atoms with van der Waals surface area (Å²) in [6.45, 7) is 1.72. The molecule has 1 N–H and O–H groups in total. The average molecular weight is 317 g/mol. The predicted molar refractivity (Wildman–Crippen MR) is 69.4 cm³/mol. The lowest BCUT2D eigenvalue weighted by molar-refractivity contribution is -0.385. The fraction of sp³-hybridized carbons (Fsp3) is 0.364. The van der Waals surface area contributed by atoms with Gasteiger partial charge >= 0.3 is 0 Å². The van der Waals surface area contributed by atoms with Crippen molar-refractivity contribution in [1.82, 2.24) is 4.90 Å². The first kappa shape index (κ1) is 14.6. The smallest absolute Gasteiger partial charge is 0.284 e. The molecule has 0 heterocycles. The molecule has 0 aliphatic rings. The van der Waals surface area contributed by atoms with E-state index in [0.717, 1.165) is 0 Å². The van der Waals surface area contributed by atoms with Gasteiger partial charge in [-0.2, -0.15) is 0 Å². The van der Waals surface area contributed by atoms with Crippen molar-refractivity contribution < 1.29 is 14.8 Å². The van der Waals surface area contributed by atoms with E-state index in [9.17, 15) is 20.0 Å². The number of aliphatic hydroxyl groups is 1. The van der Waals surface area contributed by atoms with Crippen molar-refractivity contribution in [3.63, 3.8) is 0 Å². The standard InChI is InChI=1S/C11H13BrN2O4/c1-7(15)6-13(2)11(16)8-4-3-5-9(10(8)12)14(17)18/h3-5,7,15H,6H2,1-2H3. The third kappa shape index (κ3) is 3.27. The van der Waals surface area contributed by atoms with Gasteiger partial charge in [0.25, 0.3) is 11.6 Å². The number of carbonyl (C=O) groups is 1. The van der Waals surface area contributed by atoms with E-state index in [2.05, 4.69) is 15.9 Å². The lowest BCUT2D eigenvalue weighted by atomic mass is 10.1. The van der Waals surface area contributed by atoms with Gasteiger partial charge in [0.2, 0.25) is 0 Å². The third-order valence-electron chi connectivity index (χ3n) is 2.29. The summed E-state index contributed by atoms with van der Waals surface area (Å²) in [5.41, 5.74) is 0.0404. The summed E-state index contributed by atoms with van der Waals surface area (Å²) in [7, 11) is 1.53. The normalized spacial score (nSPS) is 12.0. The molecule has 1 amide bonds. The van der Waals surface area contributed by atoms with Crippen LogP contribution in [0.15, 0.2) is 22.7 Å². The SMILES string of the molecule is CC(O)CN(C)C(=O)c1cccc([N+](=O)[O-])c1Br. The topological polar surface area (TPSA) is 83.7 Å². The summed E-state index contributed by atoms with van der Waals surface area (Å²) in [6.07, 6.45) is -0.656. The Labute approximate surface area is 112 Å². The summed E-state index contributed by atoms with van der Waals surface area (Å²) >= 11 is 3.07. The van der Waals surface area contributed by atoms with Crippen LogP contribution in [0.25, 0.3) is 0 Å². The predicted octanol–water partition coefficient (Wildman–Crippen LogP) is 1.81. The van der Waals surface area contributed by atoms with E-state index in [1.54, 1.807) is 6.92 Å². The van der Waals surface area contributed by atoms with Gasteiger partial charge in [0.05, 0.1) is 16.6 Å². The fourth-order valence-corrected chi connectivity index (χ4v) is 2.09. The maximum Gasteiger partial charge on any atom is 0.284 e. The first-order chi connectivity index (χ1) is 8.34. The van der Waals surface area contributed by atoms with E-state index in [1.807, 2.05) is 0 Å². The maximum atomic E-state index is 12.0. The second-order valence-electron chi connectivity index (χ2n) is 3.93. The molecule has 1 rings (SSSR count). The average Bonchev–Trinajstić information content (AvgIpc) is 2.27. The van der Waals surface area contributed by atoms with Gasteiger partial charge in [0.1, 0.15) is 4.47 Å². The van der Waals surface area contributed by atoms with Crippen LogP contribution in [-0.2, 0) is 0 Å². The third-order valence-corrected chi connectivity index (χ3v) is 3.12. The van der Waals surface area contributed by atoms with Crippen LogP contribution in [-0.4, -0.2) is 40.5 Å². The Morgan fingerprint density at radius 2 is 2.22 bits per heavy atom. The summed E-state index contributed by atoms with van der Waals surface area (Å²) in [4.78, 5) is 23.5. The number of likely N-dealkylation sites (N-methyl/N-ethyl adjacent to an activating group) is 1. The quantitative estimate of drug-likeness (QED) is 0.678. The Hall–Kier alpha value is -1.47. The van der Waals surface area contributed by atoms with E-state index in [-0.39, 0.29) is 28.2 Å². The van der Waals surface area contributed by atoms with Gasteiger partial charge in [-0.15, -0.1) is 0 Å². The molecule has 0 aliphatic heterocycles. The number of aliphatic hydroxyl groups excluding tert-OH is 1. The Balaban J connectivity index is 3.07. The molecular formula is C11H13BrN2O4. The zero-order valence-corrected chi connectivity index (χ0v) is 11.5. The molecule has 7 heteroatoms. The number of halogens is 1. The minimum Gasteiger partial charge on any atom is -0.392 e. The molecule has 6 nitrogen and oxygen atoms in total. The second-order valence-corrected chi connectivity index (χ2v) is 4.72. The minimum atomic E-state index is -0.656. The molecule has 0 radical (unpaired) electrons. The van der Waals surface area contributed by atoms with Gasteiger partial charge in [-0.25, -0.2) is 0 Å². The van der Waals surface area contributed by atoms with Crippen molar-refractivity contribution in [2.45, 2.75) is 13.0 Å². The van der Waals surface area contributed by atoms with Crippen molar-refractivity contribution >= 4 is 27.5 Å². The molecule has 0 saturated heterocycles. The molecular weight excluding hydrogens is 304 g/mol. The molecule has 18 heavy (non-hydrogen) atoms. The summed E-state index contributed by atoms with van der Waals surface area (Å²) in [5, 5.41) is 20.0. The van der Waals surface area contributed by atoms with Crippen LogP contribution in [0, 0.1) is 10.1 Å². The van der Waals surface area contributed by atoms with Gasteiger partial charge in [0, 0.05) is 19.7 Å². The van der Waals surface area contributed by atoms with E-state index in [4.69, 9.17) is 0 Å². The molecule has 0 saturated carbocycles. The number of nitro groups is 1. The van der Waals surface area contributed by atoms with Crippen LogP contribution in [0.5, 0.6) is 0 Å². The number of rotatable bonds is 4. The number of carbonyl (C=O) groups excluding carboxylic acids is 1. The largest absolute Gasteiger partial charge is 0.392 e. The maximum absolute atomic E-state index is 12.0. The zero-order chi connectivity index (χ0) is 13.9.